The summed E-state index contributed by atoms with van der Waals surface area (Å²) in [6.07, 6.45) is 6.43. The standard InChI is InChI=1S/C16H22ClNO/c1-12(14-5-3-2-4-6-14)18-16(19)15-9-7-13(11-17)8-10-15/h7-10,12,14H,2-6,11H2,1H3,(H,18,19). The normalized spacial score (nSPS) is 18.0. The van der Waals surface area contributed by atoms with Crippen molar-refractivity contribution in [2.75, 3.05) is 0 Å². The van der Waals surface area contributed by atoms with Crippen LogP contribution in [-0.4, -0.2) is 11.9 Å². The Hall–Kier alpha value is -1.02. The van der Waals surface area contributed by atoms with E-state index in [2.05, 4.69) is 12.2 Å². The van der Waals surface area contributed by atoms with E-state index in [-0.39, 0.29) is 11.9 Å². The maximum atomic E-state index is 12.2. The van der Waals surface area contributed by atoms with Crippen molar-refractivity contribution in [1.82, 2.24) is 5.32 Å². The van der Waals surface area contributed by atoms with E-state index in [1.165, 1.54) is 32.1 Å². The van der Waals surface area contributed by atoms with Gasteiger partial charge in [-0.1, -0.05) is 31.4 Å². The van der Waals surface area contributed by atoms with Gasteiger partial charge in [0.1, 0.15) is 0 Å². The minimum atomic E-state index is 0.0270. The number of hydrogen-bond donors (Lipinski definition) is 1. The summed E-state index contributed by atoms with van der Waals surface area (Å²) in [6, 6.07) is 7.78. The molecule has 0 aromatic heterocycles. The van der Waals surface area contributed by atoms with E-state index in [0.717, 1.165) is 11.1 Å². The molecular weight excluding hydrogens is 258 g/mol. The molecule has 1 aromatic rings. The van der Waals surface area contributed by atoms with Crippen LogP contribution in [0, 0.1) is 5.92 Å². The number of hydrogen-bond acceptors (Lipinski definition) is 1. The summed E-state index contributed by atoms with van der Waals surface area (Å²) in [5.74, 6) is 1.15. The van der Waals surface area contributed by atoms with Crippen LogP contribution in [0.1, 0.15) is 54.9 Å². The minimum absolute atomic E-state index is 0.0270. The second kappa shape index (κ2) is 6.95. The maximum Gasteiger partial charge on any atom is 0.251 e. The lowest BCUT2D eigenvalue weighted by Gasteiger charge is -2.28. The molecule has 0 spiro atoms. The Labute approximate surface area is 120 Å². The molecule has 0 heterocycles. The third-order valence-electron chi connectivity index (χ3n) is 4.09. The number of amides is 1. The molecule has 1 amide bonds. The Kier molecular flexibility index (Phi) is 5.26. The third kappa shape index (κ3) is 3.97. The van der Waals surface area contributed by atoms with Gasteiger partial charge >= 0.3 is 0 Å². The Balaban J connectivity index is 1.91. The van der Waals surface area contributed by atoms with Gasteiger partial charge < -0.3 is 5.32 Å². The summed E-state index contributed by atoms with van der Waals surface area (Å²) >= 11 is 5.74. The smallest absolute Gasteiger partial charge is 0.251 e. The quantitative estimate of drug-likeness (QED) is 0.825. The van der Waals surface area contributed by atoms with Crippen LogP contribution in [0.5, 0.6) is 0 Å². The summed E-state index contributed by atoms with van der Waals surface area (Å²) < 4.78 is 0. The van der Waals surface area contributed by atoms with Crippen LogP contribution in [0.4, 0.5) is 0 Å². The highest BCUT2D eigenvalue weighted by Gasteiger charge is 2.21. The van der Waals surface area contributed by atoms with Crippen molar-refractivity contribution in [2.24, 2.45) is 5.92 Å². The van der Waals surface area contributed by atoms with Gasteiger partial charge in [-0.15, -0.1) is 11.6 Å². The largest absolute Gasteiger partial charge is 0.349 e. The predicted molar refractivity (Wildman–Crippen MR) is 79.5 cm³/mol. The highest BCUT2D eigenvalue weighted by atomic mass is 35.5. The fourth-order valence-electron chi connectivity index (χ4n) is 2.79. The second-order valence-electron chi connectivity index (χ2n) is 5.49. The number of carbonyl (C=O) groups excluding carboxylic acids is 1. The number of benzene rings is 1. The first-order valence-corrected chi connectivity index (χ1v) is 7.70. The minimum Gasteiger partial charge on any atom is -0.349 e. The summed E-state index contributed by atoms with van der Waals surface area (Å²) in [5, 5.41) is 3.13. The van der Waals surface area contributed by atoms with Crippen molar-refractivity contribution in [3.05, 3.63) is 35.4 Å². The Bertz CT molecular complexity index is 409. The van der Waals surface area contributed by atoms with Crippen LogP contribution in [0.15, 0.2) is 24.3 Å². The first-order chi connectivity index (χ1) is 9.20. The molecular formula is C16H22ClNO. The first kappa shape index (κ1) is 14.4. The van der Waals surface area contributed by atoms with Crippen molar-refractivity contribution in [3.8, 4) is 0 Å². The van der Waals surface area contributed by atoms with Crippen LogP contribution in [0.2, 0.25) is 0 Å². The van der Waals surface area contributed by atoms with Gasteiger partial charge in [-0.2, -0.15) is 0 Å². The highest BCUT2D eigenvalue weighted by molar-refractivity contribution is 6.17. The number of rotatable bonds is 4. The Morgan fingerprint density at radius 2 is 1.89 bits per heavy atom. The maximum absolute atomic E-state index is 12.2. The molecule has 2 rings (SSSR count). The molecule has 1 aliphatic carbocycles. The van der Waals surface area contributed by atoms with Gasteiger partial charge in [0.05, 0.1) is 0 Å². The van der Waals surface area contributed by atoms with E-state index in [9.17, 15) is 4.79 Å². The summed E-state index contributed by atoms with van der Waals surface area (Å²) in [4.78, 5) is 12.2. The fourth-order valence-corrected chi connectivity index (χ4v) is 2.97. The number of halogens is 1. The van der Waals surface area contributed by atoms with Crippen molar-refractivity contribution in [1.29, 1.82) is 0 Å². The zero-order valence-corrected chi connectivity index (χ0v) is 12.2. The Morgan fingerprint density at radius 1 is 1.26 bits per heavy atom. The highest BCUT2D eigenvalue weighted by Crippen LogP contribution is 2.26. The summed E-state index contributed by atoms with van der Waals surface area (Å²) in [7, 11) is 0. The van der Waals surface area contributed by atoms with Crippen molar-refractivity contribution in [3.63, 3.8) is 0 Å². The lowest BCUT2D eigenvalue weighted by molar-refractivity contribution is 0.0919. The van der Waals surface area contributed by atoms with Crippen molar-refractivity contribution in [2.45, 2.75) is 50.9 Å². The van der Waals surface area contributed by atoms with Gasteiger partial charge in [0.15, 0.2) is 0 Å². The van der Waals surface area contributed by atoms with E-state index in [1.54, 1.807) is 0 Å². The molecule has 1 unspecified atom stereocenters. The van der Waals surface area contributed by atoms with Gasteiger partial charge in [-0.25, -0.2) is 0 Å². The first-order valence-electron chi connectivity index (χ1n) is 7.16. The molecule has 0 radical (unpaired) electrons. The van der Waals surface area contributed by atoms with Crippen molar-refractivity contribution < 1.29 is 4.79 Å². The molecule has 1 atom stereocenters. The van der Waals surface area contributed by atoms with Gasteiger partial charge in [0, 0.05) is 17.5 Å². The molecule has 2 nitrogen and oxygen atoms in total. The van der Waals surface area contributed by atoms with Gasteiger partial charge in [-0.05, 0) is 43.4 Å². The zero-order chi connectivity index (χ0) is 13.7. The predicted octanol–water partition coefficient (Wildman–Crippen LogP) is 4.12. The topological polar surface area (TPSA) is 29.1 Å². The number of carbonyl (C=O) groups is 1. The van der Waals surface area contributed by atoms with E-state index in [4.69, 9.17) is 11.6 Å². The van der Waals surface area contributed by atoms with Crippen LogP contribution >= 0.6 is 11.6 Å². The van der Waals surface area contributed by atoms with Crippen LogP contribution < -0.4 is 5.32 Å². The molecule has 0 aliphatic heterocycles. The van der Waals surface area contributed by atoms with Crippen LogP contribution in [-0.2, 0) is 5.88 Å². The number of nitrogens with one attached hydrogen (secondary N) is 1. The van der Waals surface area contributed by atoms with E-state index >= 15 is 0 Å². The molecule has 1 fully saturated rings. The van der Waals surface area contributed by atoms with E-state index in [1.807, 2.05) is 24.3 Å². The molecule has 104 valence electrons. The molecule has 0 bridgehead atoms. The monoisotopic (exact) mass is 279 g/mol. The average Bonchev–Trinajstić information content (AvgIpc) is 2.48. The van der Waals surface area contributed by atoms with Crippen LogP contribution in [0.25, 0.3) is 0 Å². The third-order valence-corrected chi connectivity index (χ3v) is 4.39. The average molecular weight is 280 g/mol. The van der Waals surface area contributed by atoms with E-state index in [0.29, 0.717) is 11.8 Å². The fraction of sp³-hybridized carbons (Fsp3) is 0.562. The van der Waals surface area contributed by atoms with Gasteiger partial charge in [0.25, 0.3) is 5.91 Å². The number of alkyl halides is 1. The van der Waals surface area contributed by atoms with Gasteiger partial charge in [0.2, 0.25) is 0 Å². The van der Waals surface area contributed by atoms with Crippen molar-refractivity contribution >= 4 is 17.5 Å². The molecule has 1 N–H and O–H groups in total. The molecule has 1 aliphatic rings. The Morgan fingerprint density at radius 3 is 2.47 bits per heavy atom. The molecule has 1 saturated carbocycles. The molecule has 19 heavy (non-hydrogen) atoms. The van der Waals surface area contributed by atoms with Gasteiger partial charge in [-0.3, -0.25) is 4.79 Å². The molecule has 3 heteroatoms. The lowest BCUT2D eigenvalue weighted by Crippen LogP contribution is -2.38. The lowest BCUT2D eigenvalue weighted by atomic mass is 9.84. The van der Waals surface area contributed by atoms with E-state index < -0.39 is 0 Å². The summed E-state index contributed by atoms with van der Waals surface area (Å²) in [6.45, 7) is 2.13. The molecule has 1 aromatic carbocycles. The summed E-state index contributed by atoms with van der Waals surface area (Å²) in [5.41, 5.74) is 1.76. The van der Waals surface area contributed by atoms with Crippen LogP contribution in [0.3, 0.4) is 0 Å². The molecule has 0 saturated heterocycles. The second-order valence-corrected chi connectivity index (χ2v) is 5.76. The SMILES string of the molecule is CC(NC(=O)c1ccc(CCl)cc1)C1CCCCC1. The zero-order valence-electron chi connectivity index (χ0n) is 11.5.